The first-order chi connectivity index (χ1) is 14.5. The number of nitrogens with one attached hydrogen (secondary N) is 1. The minimum Gasteiger partial charge on any atom is -0.361 e. The fraction of sp³-hybridized carbons (Fsp3) is 0.350. The van der Waals surface area contributed by atoms with Gasteiger partial charge in [-0.1, -0.05) is 6.07 Å². The number of aromatic nitrogens is 3. The summed E-state index contributed by atoms with van der Waals surface area (Å²) in [7, 11) is 0. The molecule has 0 atom stereocenters. The lowest BCUT2D eigenvalue weighted by Crippen LogP contribution is -2.46. The molecule has 0 spiro atoms. The van der Waals surface area contributed by atoms with Crippen molar-refractivity contribution in [3.8, 4) is 0 Å². The molecule has 2 aromatic heterocycles. The minimum absolute atomic E-state index is 0.286. The predicted octanol–water partition coefficient (Wildman–Crippen LogP) is 3.30. The van der Waals surface area contributed by atoms with Crippen LogP contribution in [-0.4, -0.2) is 59.0 Å². The highest BCUT2D eigenvalue weighted by Crippen LogP contribution is 2.26. The number of anilines is 2. The van der Waals surface area contributed by atoms with Gasteiger partial charge in [0.05, 0.1) is 18.3 Å². The Bertz CT molecular complexity index is 1020. The summed E-state index contributed by atoms with van der Waals surface area (Å²) < 4.78 is 52.5. The van der Waals surface area contributed by atoms with E-state index in [-0.39, 0.29) is 5.82 Å². The van der Waals surface area contributed by atoms with Crippen LogP contribution in [0.1, 0.15) is 5.56 Å². The molecule has 0 bridgehead atoms. The van der Waals surface area contributed by atoms with Crippen LogP contribution in [0.2, 0.25) is 0 Å². The number of alkyl halides is 2. The number of benzene rings is 1. The SMILES string of the molecule is Fc1ccc(CN2CCN(c3nc4ccncc4nc3NCC(F)F)CC2)c(F)c1. The fourth-order valence-electron chi connectivity index (χ4n) is 3.42. The Balaban J connectivity index is 1.49. The van der Waals surface area contributed by atoms with E-state index < -0.39 is 24.6 Å². The Morgan fingerprint density at radius 2 is 1.80 bits per heavy atom. The maximum atomic E-state index is 13.9. The van der Waals surface area contributed by atoms with Crippen LogP contribution < -0.4 is 10.2 Å². The van der Waals surface area contributed by atoms with E-state index in [1.165, 1.54) is 18.3 Å². The second-order valence-corrected chi connectivity index (χ2v) is 7.03. The Morgan fingerprint density at radius 3 is 2.53 bits per heavy atom. The standard InChI is InChI=1S/C20H20F4N6/c21-14-2-1-13(15(22)9-14)12-29-5-7-30(8-6-29)20-19(26-11-18(23)24)27-17-10-25-4-3-16(17)28-20/h1-4,9-10,18H,5-8,11-12H2,(H,26,27). The first kappa shape index (κ1) is 20.3. The number of pyridine rings is 1. The lowest BCUT2D eigenvalue weighted by Gasteiger charge is -2.36. The van der Waals surface area contributed by atoms with Gasteiger partial charge in [0.25, 0.3) is 6.43 Å². The van der Waals surface area contributed by atoms with Crippen LogP contribution in [-0.2, 0) is 6.54 Å². The van der Waals surface area contributed by atoms with Crippen molar-refractivity contribution in [1.29, 1.82) is 0 Å². The lowest BCUT2D eigenvalue weighted by atomic mass is 10.1. The van der Waals surface area contributed by atoms with Gasteiger partial charge in [-0.05, 0) is 12.1 Å². The van der Waals surface area contributed by atoms with Crippen molar-refractivity contribution in [2.45, 2.75) is 13.0 Å². The predicted molar refractivity (Wildman–Crippen MR) is 106 cm³/mol. The van der Waals surface area contributed by atoms with Crippen molar-refractivity contribution in [1.82, 2.24) is 19.9 Å². The van der Waals surface area contributed by atoms with Crippen LogP contribution >= 0.6 is 0 Å². The van der Waals surface area contributed by atoms with E-state index in [1.807, 2.05) is 4.90 Å². The Labute approximate surface area is 170 Å². The number of hydrogen-bond donors (Lipinski definition) is 1. The molecule has 1 fully saturated rings. The van der Waals surface area contributed by atoms with E-state index in [2.05, 4.69) is 25.2 Å². The molecule has 1 saturated heterocycles. The highest BCUT2D eigenvalue weighted by atomic mass is 19.3. The van der Waals surface area contributed by atoms with Crippen LogP contribution in [0.15, 0.2) is 36.7 Å². The molecule has 10 heteroatoms. The number of halogens is 4. The third-order valence-electron chi connectivity index (χ3n) is 4.95. The van der Waals surface area contributed by atoms with Crippen molar-refractivity contribution >= 4 is 22.7 Å². The summed E-state index contributed by atoms with van der Waals surface area (Å²) in [5.74, 6) is -0.379. The van der Waals surface area contributed by atoms with Gasteiger partial charge >= 0.3 is 0 Å². The first-order valence-electron chi connectivity index (χ1n) is 9.54. The zero-order valence-corrected chi connectivity index (χ0v) is 16.0. The first-order valence-corrected chi connectivity index (χ1v) is 9.54. The summed E-state index contributed by atoms with van der Waals surface area (Å²) in [6.07, 6.45) is 0.614. The Kier molecular flexibility index (Phi) is 5.93. The highest BCUT2D eigenvalue weighted by Gasteiger charge is 2.23. The van der Waals surface area contributed by atoms with Crippen LogP contribution in [0.5, 0.6) is 0 Å². The van der Waals surface area contributed by atoms with Crippen molar-refractivity contribution in [2.75, 3.05) is 42.9 Å². The molecule has 1 aliphatic heterocycles. The molecule has 0 saturated carbocycles. The molecular formula is C20H20F4N6. The van der Waals surface area contributed by atoms with Crippen molar-refractivity contribution < 1.29 is 17.6 Å². The quantitative estimate of drug-likeness (QED) is 0.618. The molecule has 0 unspecified atom stereocenters. The van der Waals surface area contributed by atoms with Crippen LogP contribution in [0.25, 0.3) is 11.0 Å². The largest absolute Gasteiger partial charge is 0.361 e. The molecule has 1 N–H and O–H groups in total. The number of hydrogen-bond acceptors (Lipinski definition) is 6. The van der Waals surface area contributed by atoms with Crippen molar-refractivity contribution in [3.05, 3.63) is 53.9 Å². The van der Waals surface area contributed by atoms with Gasteiger partial charge in [-0.2, -0.15) is 0 Å². The summed E-state index contributed by atoms with van der Waals surface area (Å²) in [6, 6.07) is 5.30. The summed E-state index contributed by atoms with van der Waals surface area (Å²) in [5, 5.41) is 2.67. The molecule has 30 heavy (non-hydrogen) atoms. The van der Waals surface area contributed by atoms with E-state index >= 15 is 0 Å². The molecular weight excluding hydrogens is 400 g/mol. The average Bonchev–Trinajstić information content (AvgIpc) is 2.74. The van der Waals surface area contributed by atoms with E-state index in [4.69, 9.17) is 0 Å². The maximum absolute atomic E-state index is 13.9. The van der Waals surface area contributed by atoms with Gasteiger partial charge in [0.1, 0.15) is 17.2 Å². The third-order valence-corrected chi connectivity index (χ3v) is 4.95. The Hall–Kier alpha value is -3.01. The van der Waals surface area contributed by atoms with Gasteiger partial charge in [0.2, 0.25) is 0 Å². The van der Waals surface area contributed by atoms with Crippen molar-refractivity contribution in [2.24, 2.45) is 0 Å². The minimum atomic E-state index is -2.52. The average molecular weight is 420 g/mol. The summed E-state index contributed by atoms with van der Waals surface area (Å²) in [5.41, 5.74) is 1.57. The van der Waals surface area contributed by atoms with E-state index in [1.54, 1.807) is 12.3 Å². The van der Waals surface area contributed by atoms with E-state index in [0.717, 1.165) is 6.07 Å². The molecule has 3 aromatic rings. The van der Waals surface area contributed by atoms with Crippen LogP contribution in [0.3, 0.4) is 0 Å². The normalized spacial score (nSPS) is 15.2. The lowest BCUT2D eigenvalue weighted by molar-refractivity contribution is 0.163. The summed E-state index contributed by atoms with van der Waals surface area (Å²) in [4.78, 5) is 17.0. The van der Waals surface area contributed by atoms with Gasteiger partial charge in [0, 0.05) is 50.6 Å². The second kappa shape index (κ2) is 8.78. The van der Waals surface area contributed by atoms with Crippen molar-refractivity contribution in [3.63, 3.8) is 0 Å². The van der Waals surface area contributed by atoms with E-state index in [9.17, 15) is 17.6 Å². The Morgan fingerprint density at radius 1 is 1.00 bits per heavy atom. The third kappa shape index (κ3) is 4.59. The highest BCUT2D eigenvalue weighted by molar-refractivity contribution is 5.79. The topological polar surface area (TPSA) is 57.2 Å². The fourth-order valence-corrected chi connectivity index (χ4v) is 3.42. The molecule has 3 heterocycles. The summed E-state index contributed by atoms with van der Waals surface area (Å²) >= 11 is 0. The van der Waals surface area contributed by atoms with Gasteiger partial charge in [-0.15, -0.1) is 0 Å². The van der Waals surface area contributed by atoms with Crippen LogP contribution in [0.4, 0.5) is 29.2 Å². The van der Waals surface area contributed by atoms with Crippen LogP contribution in [0, 0.1) is 11.6 Å². The molecule has 0 aliphatic carbocycles. The number of rotatable bonds is 6. The number of fused-ring (bicyclic) bond motifs is 1. The molecule has 0 amide bonds. The zero-order valence-electron chi connectivity index (χ0n) is 16.0. The summed E-state index contributed by atoms with van der Waals surface area (Å²) in [6.45, 7) is 2.19. The van der Waals surface area contributed by atoms with Gasteiger partial charge in [-0.25, -0.2) is 27.5 Å². The molecule has 1 aliphatic rings. The number of nitrogens with zero attached hydrogens (tertiary/aromatic N) is 5. The van der Waals surface area contributed by atoms with Gasteiger partial charge < -0.3 is 10.2 Å². The molecule has 6 nitrogen and oxygen atoms in total. The number of piperazine rings is 1. The van der Waals surface area contributed by atoms with E-state index in [0.29, 0.717) is 55.1 Å². The molecule has 0 radical (unpaired) electrons. The second-order valence-electron chi connectivity index (χ2n) is 7.03. The molecule has 1 aromatic carbocycles. The van der Waals surface area contributed by atoms with Gasteiger partial charge in [0.15, 0.2) is 11.6 Å². The zero-order chi connectivity index (χ0) is 21.1. The maximum Gasteiger partial charge on any atom is 0.255 e. The monoisotopic (exact) mass is 420 g/mol. The van der Waals surface area contributed by atoms with Gasteiger partial charge in [-0.3, -0.25) is 9.88 Å². The smallest absolute Gasteiger partial charge is 0.255 e. The molecule has 158 valence electrons. The molecule has 4 rings (SSSR count).